The minimum atomic E-state index is -0.732. The van der Waals surface area contributed by atoms with Crippen LogP contribution in [0.25, 0.3) is 21.8 Å². The van der Waals surface area contributed by atoms with Crippen LogP contribution in [0.5, 0.6) is 0 Å². The van der Waals surface area contributed by atoms with E-state index in [-0.39, 0.29) is 16.5 Å². The van der Waals surface area contributed by atoms with Gasteiger partial charge in [-0.1, -0.05) is 6.07 Å². The second-order valence-electron chi connectivity index (χ2n) is 11.1. The van der Waals surface area contributed by atoms with E-state index in [2.05, 4.69) is 30.2 Å². The van der Waals surface area contributed by atoms with E-state index >= 15 is 0 Å². The number of anilines is 4. The number of thiazole rings is 1. The number of hydrogen-bond acceptors (Lipinski definition) is 11. The van der Waals surface area contributed by atoms with E-state index in [1.165, 1.54) is 12.1 Å². The average Bonchev–Trinajstić information content (AvgIpc) is 3.56. The molecule has 0 unspecified atom stereocenters. The summed E-state index contributed by atoms with van der Waals surface area (Å²) in [7, 11) is 0. The molecule has 0 spiro atoms. The molecule has 5 heterocycles. The van der Waals surface area contributed by atoms with Crippen LogP contribution < -0.4 is 20.3 Å². The van der Waals surface area contributed by atoms with Crippen molar-refractivity contribution < 1.29 is 17.9 Å². The molecule has 0 amide bonds. The Bertz CT molecular complexity index is 1830. The van der Waals surface area contributed by atoms with E-state index in [4.69, 9.17) is 14.7 Å². The number of nitrogens with zero attached hydrogens (tertiary/aromatic N) is 5. The Hall–Kier alpha value is -4.24. The van der Waals surface area contributed by atoms with E-state index in [1.54, 1.807) is 35.9 Å². The number of nitrogens with one attached hydrogen (secondary N) is 3. The predicted molar refractivity (Wildman–Crippen MR) is 180 cm³/mol. The van der Waals surface area contributed by atoms with Gasteiger partial charge in [-0.15, -0.1) is 11.3 Å². The van der Waals surface area contributed by atoms with Crippen LogP contribution in [0.2, 0.25) is 0 Å². The van der Waals surface area contributed by atoms with Crippen LogP contribution in [0.4, 0.5) is 36.3 Å². The molecule has 9 nitrogen and oxygen atoms in total. The quantitative estimate of drug-likeness (QED) is 0.139. The minimum absolute atomic E-state index is 0.0792. The molecule has 14 heteroatoms. The van der Waals surface area contributed by atoms with Gasteiger partial charge in [0.2, 0.25) is 5.95 Å². The topological polar surface area (TPSA) is 100 Å². The molecule has 5 aromatic rings. The Morgan fingerprint density at radius 2 is 1.72 bits per heavy atom. The molecule has 0 aliphatic carbocycles. The van der Waals surface area contributed by atoms with E-state index in [0.717, 1.165) is 72.5 Å². The summed E-state index contributed by atoms with van der Waals surface area (Å²) in [5.41, 5.74) is 2.78. The van der Waals surface area contributed by atoms with Crippen LogP contribution in [0, 0.1) is 17.5 Å². The molecule has 2 aliphatic rings. The standard InChI is InChI=1S/C33H31F3N8OS2/c34-23-6-4-21(18-27(23)43-47-30-24(35)2-1-3-25(30)36)29-31(46-32(42-29)20-8-11-37-12-9-20)26-10-13-38-33(41-26)40-22-5-7-28(39-19-22)44-14-16-45-17-15-44/h1-7,10,13,18-20,37,43H,8-9,11-12,14-17H2,(H,38,40,41). The molecule has 3 aromatic heterocycles. The maximum absolute atomic E-state index is 15.0. The Morgan fingerprint density at radius 3 is 2.49 bits per heavy atom. The summed E-state index contributed by atoms with van der Waals surface area (Å²) in [6, 6.07) is 13.9. The van der Waals surface area contributed by atoms with E-state index in [1.807, 2.05) is 18.2 Å². The number of ether oxygens (including phenoxy) is 1. The van der Waals surface area contributed by atoms with Crippen molar-refractivity contribution in [1.29, 1.82) is 0 Å². The van der Waals surface area contributed by atoms with Crippen LogP contribution in [0.1, 0.15) is 23.8 Å². The minimum Gasteiger partial charge on any atom is -0.378 e. The van der Waals surface area contributed by atoms with Gasteiger partial charge >= 0.3 is 0 Å². The second-order valence-corrected chi connectivity index (χ2v) is 12.9. The highest BCUT2D eigenvalue weighted by Gasteiger charge is 2.24. The Morgan fingerprint density at radius 1 is 0.915 bits per heavy atom. The van der Waals surface area contributed by atoms with Gasteiger partial charge in [-0.25, -0.2) is 33.1 Å². The molecule has 242 valence electrons. The third-order valence-corrected chi connectivity index (χ3v) is 10.1. The number of aromatic nitrogens is 4. The zero-order chi connectivity index (χ0) is 32.2. The number of pyridine rings is 1. The molecule has 0 saturated carbocycles. The lowest BCUT2D eigenvalue weighted by molar-refractivity contribution is 0.122. The molecule has 0 atom stereocenters. The zero-order valence-electron chi connectivity index (χ0n) is 25.2. The summed E-state index contributed by atoms with van der Waals surface area (Å²) in [5.74, 6) is -0.458. The second kappa shape index (κ2) is 14.3. The average molecular weight is 677 g/mol. The molecular formula is C33H31F3N8OS2. The van der Waals surface area contributed by atoms with Crippen LogP contribution in [-0.4, -0.2) is 59.3 Å². The molecule has 3 N–H and O–H groups in total. The summed E-state index contributed by atoms with van der Waals surface area (Å²) in [6.07, 6.45) is 5.35. The first kappa shape index (κ1) is 31.4. The maximum atomic E-state index is 15.0. The van der Waals surface area contributed by atoms with Crippen molar-refractivity contribution in [2.45, 2.75) is 23.7 Å². The molecule has 2 fully saturated rings. The summed E-state index contributed by atoms with van der Waals surface area (Å²) >= 11 is 2.25. The summed E-state index contributed by atoms with van der Waals surface area (Å²) in [4.78, 5) is 21.7. The van der Waals surface area contributed by atoms with Gasteiger partial charge < -0.3 is 25.0 Å². The van der Waals surface area contributed by atoms with Crippen LogP contribution in [0.15, 0.2) is 71.9 Å². The summed E-state index contributed by atoms with van der Waals surface area (Å²) < 4.78 is 51.7. The van der Waals surface area contributed by atoms with Gasteiger partial charge in [0.15, 0.2) is 0 Å². The number of hydrogen-bond donors (Lipinski definition) is 3. The first-order valence-electron chi connectivity index (χ1n) is 15.3. The summed E-state index contributed by atoms with van der Waals surface area (Å²) in [5, 5.41) is 7.64. The van der Waals surface area contributed by atoms with Crippen molar-refractivity contribution in [1.82, 2.24) is 25.3 Å². The van der Waals surface area contributed by atoms with Gasteiger partial charge in [0.25, 0.3) is 0 Å². The molecule has 0 bridgehead atoms. The number of rotatable bonds is 9. The van der Waals surface area contributed by atoms with E-state index in [0.29, 0.717) is 48.1 Å². The Kier molecular flexibility index (Phi) is 9.51. The highest BCUT2D eigenvalue weighted by atomic mass is 32.2. The largest absolute Gasteiger partial charge is 0.378 e. The fourth-order valence-corrected chi connectivity index (χ4v) is 7.43. The fraction of sp³-hybridized carbons (Fsp3) is 0.273. The first-order valence-corrected chi connectivity index (χ1v) is 16.9. The molecule has 0 radical (unpaired) electrons. The van der Waals surface area contributed by atoms with Crippen LogP contribution in [-0.2, 0) is 4.74 Å². The van der Waals surface area contributed by atoms with E-state index in [9.17, 15) is 13.2 Å². The van der Waals surface area contributed by atoms with Crippen molar-refractivity contribution in [3.63, 3.8) is 0 Å². The Labute approximate surface area is 278 Å². The van der Waals surface area contributed by atoms with Crippen LogP contribution in [0.3, 0.4) is 0 Å². The summed E-state index contributed by atoms with van der Waals surface area (Å²) in [6.45, 7) is 4.78. The zero-order valence-corrected chi connectivity index (χ0v) is 26.8. The van der Waals surface area contributed by atoms with Crippen LogP contribution >= 0.6 is 23.3 Å². The Balaban J connectivity index is 1.18. The lowest BCUT2D eigenvalue weighted by atomic mass is 9.99. The highest BCUT2D eigenvalue weighted by Crippen LogP contribution is 2.42. The normalized spacial score (nSPS) is 15.5. The molecular weight excluding hydrogens is 646 g/mol. The third-order valence-electron chi connectivity index (χ3n) is 7.98. The van der Waals surface area contributed by atoms with Crippen molar-refractivity contribution in [3.8, 4) is 21.8 Å². The molecule has 2 saturated heterocycles. The molecule has 47 heavy (non-hydrogen) atoms. The molecule has 2 aromatic carbocycles. The predicted octanol–water partition coefficient (Wildman–Crippen LogP) is 7.25. The van der Waals surface area contributed by atoms with E-state index < -0.39 is 17.5 Å². The van der Waals surface area contributed by atoms with Crippen molar-refractivity contribution >= 4 is 46.4 Å². The van der Waals surface area contributed by atoms with Crippen molar-refractivity contribution in [3.05, 3.63) is 89.5 Å². The van der Waals surface area contributed by atoms with Gasteiger partial charge in [-0.3, -0.25) is 0 Å². The fourth-order valence-electron chi connectivity index (χ4n) is 5.50. The monoisotopic (exact) mass is 676 g/mol. The molecule has 2 aliphatic heterocycles. The SMILES string of the molecule is Fc1ccc(-c2nc(C3CCNCC3)sc2-c2ccnc(Nc3ccc(N4CCOCC4)nc3)n2)cc1NSc1c(F)cccc1F. The third kappa shape index (κ3) is 7.20. The lowest BCUT2D eigenvalue weighted by Gasteiger charge is -2.27. The first-order chi connectivity index (χ1) is 23.0. The number of halogens is 3. The van der Waals surface area contributed by atoms with Gasteiger partial charge in [-0.05, 0) is 86.4 Å². The van der Waals surface area contributed by atoms with Gasteiger partial charge in [0.1, 0.15) is 23.3 Å². The number of morpholine rings is 1. The maximum Gasteiger partial charge on any atom is 0.227 e. The smallest absolute Gasteiger partial charge is 0.227 e. The lowest BCUT2D eigenvalue weighted by Crippen LogP contribution is -2.36. The van der Waals surface area contributed by atoms with Crippen molar-refractivity contribution in [2.24, 2.45) is 0 Å². The highest BCUT2D eigenvalue weighted by molar-refractivity contribution is 8.00. The van der Waals surface area contributed by atoms with Gasteiger partial charge in [0.05, 0.1) is 57.0 Å². The van der Waals surface area contributed by atoms with Crippen molar-refractivity contribution in [2.75, 3.05) is 54.3 Å². The molecule has 7 rings (SSSR count). The van der Waals surface area contributed by atoms with Gasteiger partial charge in [0, 0.05) is 30.8 Å². The van der Waals surface area contributed by atoms with Gasteiger partial charge in [-0.2, -0.15) is 0 Å². The number of piperidine rings is 1. The number of benzene rings is 2.